The molecule has 0 spiro atoms. The summed E-state index contributed by atoms with van der Waals surface area (Å²) in [6.45, 7) is 3.80. The lowest BCUT2D eigenvalue weighted by molar-refractivity contribution is -0.129. The molecule has 8 nitrogen and oxygen atoms in total. The highest BCUT2D eigenvalue weighted by atomic mass is 32.2. The van der Waals surface area contributed by atoms with Gasteiger partial charge in [-0.25, -0.2) is 13.6 Å². The molecule has 4 N–H and O–H groups in total. The van der Waals surface area contributed by atoms with Crippen LogP contribution in [0.3, 0.4) is 0 Å². The summed E-state index contributed by atoms with van der Waals surface area (Å²) >= 11 is 0. The maximum Gasteiger partial charge on any atom is 0.238 e. The number of nitrogens with zero attached hydrogens (tertiary/aromatic N) is 2. The second kappa shape index (κ2) is 8.30. The molecule has 1 aliphatic heterocycles. The standard InChI is InChI=1S/C16H25N5O3S/c1-3-15(22)21-9-8-13(11-21)20-16(18-2)19-10-12-4-6-14(7-5-12)25(17,23)24/h4-7,13H,3,8-11H2,1-2H3,(H2,17,23,24)(H2,18,19,20). The van der Waals surface area contributed by atoms with Gasteiger partial charge in [-0.3, -0.25) is 9.79 Å². The van der Waals surface area contributed by atoms with Crippen molar-refractivity contribution in [3.63, 3.8) is 0 Å². The summed E-state index contributed by atoms with van der Waals surface area (Å²) in [6, 6.07) is 6.54. The molecule has 1 saturated heterocycles. The van der Waals surface area contributed by atoms with Crippen molar-refractivity contribution in [3.8, 4) is 0 Å². The van der Waals surface area contributed by atoms with Crippen molar-refractivity contribution in [3.05, 3.63) is 29.8 Å². The van der Waals surface area contributed by atoms with E-state index in [2.05, 4.69) is 15.6 Å². The van der Waals surface area contributed by atoms with Crippen molar-refractivity contribution in [1.29, 1.82) is 0 Å². The highest BCUT2D eigenvalue weighted by molar-refractivity contribution is 7.89. The second-order valence-corrected chi connectivity index (χ2v) is 7.50. The number of hydrogen-bond donors (Lipinski definition) is 3. The molecule has 1 aliphatic rings. The fourth-order valence-electron chi connectivity index (χ4n) is 2.70. The van der Waals surface area contributed by atoms with Crippen LogP contribution in [0.1, 0.15) is 25.3 Å². The second-order valence-electron chi connectivity index (χ2n) is 5.94. The fraction of sp³-hybridized carbons (Fsp3) is 0.500. The molecule has 1 aromatic rings. The molecule has 1 unspecified atom stereocenters. The van der Waals surface area contributed by atoms with Gasteiger partial charge >= 0.3 is 0 Å². The van der Waals surface area contributed by atoms with Gasteiger partial charge in [0.15, 0.2) is 5.96 Å². The van der Waals surface area contributed by atoms with Gasteiger partial charge in [0.05, 0.1) is 4.90 Å². The first-order valence-electron chi connectivity index (χ1n) is 8.20. The van der Waals surface area contributed by atoms with Crippen LogP contribution in [0, 0.1) is 0 Å². The number of rotatable bonds is 5. The molecule has 0 bridgehead atoms. The molecule has 25 heavy (non-hydrogen) atoms. The van der Waals surface area contributed by atoms with Crippen LogP contribution >= 0.6 is 0 Å². The Hall–Kier alpha value is -2.13. The summed E-state index contributed by atoms with van der Waals surface area (Å²) in [6.07, 6.45) is 1.41. The number of amides is 1. The molecular weight excluding hydrogens is 342 g/mol. The average Bonchev–Trinajstić information content (AvgIpc) is 3.06. The van der Waals surface area contributed by atoms with E-state index >= 15 is 0 Å². The number of hydrogen-bond acceptors (Lipinski definition) is 4. The van der Waals surface area contributed by atoms with Crippen LogP contribution in [-0.4, -0.2) is 51.4 Å². The summed E-state index contributed by atoms with van der Waals surface area (Å²) < 4.78 is 22.5. The van der Waals surface area contributed by atoms with Gasteiger partial charge in [-0.1, -0.05) is 19.1 Å². The Balaban J connectivity index is 1.86. The quantitative estimate of drug-likeness (QED) is 0.501. The molecule has 1 heterocycles. The Bertz CT molecular complexity index is 731. The lowest BCUT2D eigenvalue weighted by Gasteiger charge is -2.18. The molecular formula is C16H25N5O3S. The number of nitrogens with two attached hydrogens (primary N) is 1. The normalized spacial score (nSPS) is 18.3. The zero-order chi connectivity index (χ0) is 18.4. The zero-order valence-electron chi connectivity index (χ0n) is 14.5. The molecule has 1 aromatic carbocycles. The number of guanidine groups is 1. The first-order chi connectivity index (χ1) is 11.8. The third-order valence-corrected chi connectivity index (χ3v) is 5.05. The van der Waals surface area contributed by atoms with Crippen molar-refractivity contribution in [2.24, 2.45) is 10.1 Å². The smallest absolute Gasteiger partial charge is 0.238 e. The minimum atomic E-state index is -3.67. The number of carbonyl (C=O) groups is 1. The molecule has 1 amide bonds. The molecule has 0 radical (unpaired) electrons. The van der Waals surface area contributed by atoms with Crippen LogP contribution in [0.2, 0.25) is 0 Å². The summed E-state index contributed by atoms with van der Waals surface area (Å²) in [7, 11) is -1.99. The number of aliphatic imine (C=N–C) groups is 1. The number of likely N-dealkylation sites (tertiary alicyclic amines) is 1. The van der Waals surface area contributed by atoms with Gasteiger partial charge in [0.25, 0.3) is 0 Å². The predicted molar refractivity (Wildman–Crippen MR) is 96.4 cm³/mol. The van der Waals surface area contributed by atoms with Gasteiger partial charge < -0.3 is 15.5 Å². The molecule has 1 fully saturated rings. The molecule has 2 rings (SSSR count). The number of benzene rings is 1. The van der Waals surface area contributed by atoms with E-state index in [0.717, 1.165) is 18.5 Å². The van der Waals surface area contributed by atoms with E-state index < -0.39 is 10.0 Å². The van der Waals surface area contributed by atoms with Crippen LogP contribution in [0.5, 0.6) is 0 Å². The molecule has 9 heteroatoms. The largest absolute Gasteiger partial charge is 0.352 e. The van der Waals surface area contributed by atoms with E-state index in [1.807, 2.05) is 11.8 Å². The Morgan fingerprint density at radius 1 is 1.36 bits per heavy atom. The summed E-state index contributed by atoms with van der Waals surface area (Å²) in [5.41, 5.74) is 0.907. The van der Waals surface area contributed by atoms with Gasteiger partial charge in [-0.05, 0) is 24.1 Å². The first-order valence-corrected chi connectivity index (χ1v) is 9.74. The summed E-state index contributed by atoms with van der Waals surface area (Å²) in [5, 5.41) is 11.6. The monoisotopic (exact) mass is 367 g/mol. The number of carbonyl (C=O) groups excluding carboxylic acids is 1. The van der Waals surface area contributed by atoms with E-state index in [0.29, 0.717) is 25.5 Å². The van der Waals surface area contributed by atoms with Crippen molar-refractivity contribution in [2.75, 3.05) is 20.1 Å². The van der Waals surface area contributed by atoms with Gasteiger partial charge in [0.1, 0.15) is 0 Å². The minimum absolute atomic E-state index is 0.0883. The van der Waals surface area contributed by atoms with Crippen molar-refractivity contribution >= 4 is 21.9 Å². The Labute approximate surface area is 148 Å². The highest BCUT2D eigenvalue weighted by Gasteiger charge is 2.25. The van der Waals surface area contributed by atoms with Gasteiger partial charge in [-0.2, -0.15) is 0 Å². The van der Waals surface area contributed by atoms with Crippen LogP contribution in [0.25, 0.3) is 0 Å². The number of sulfonamides is 1. The Morgan fingerprint density at radius 3 is 2.60 bits per heavy atom. The van der Waals surface area contributed by atoms with Crippen LogP contribution in [-0.2, 0) is 21.4 Å². The molecule has 0 aromatic heterocycles. The molecule has 138 valence electrons. The maximum atomic E-state index is 11.7. The lowest BCUT2D eigenvalue weighted by Crippen LogP contribution is -2.44. The van der Waals surface area contributed by atoms with Crippen LogP contribution in [0.15, 0.2) is 34.2 Å². The Morgan fingerprint density at radius 2 is 2.04 bits per heavy atom. The van der Waals surface area contributed by atoms with Gasteiger partial charge in [-0.15, -0.1) is 0 Å². The first kappa shape index (κ1) is 19.2. The molecule has 0 saturated carbocycles. The van der Waals surface area contributed by atoms with Crippen LogP contribution in [0.4, 0.5) is 0 Å². The van der Waals surface area contributed by atoms with E-state index in [-0.39, 0.29) is 16.8 Å². The topological polar surface area (TPSA) is 117 Å². The highest BCUT2D eigenvalue weighted by Crippen LogP contribution is 2.11. The summed E-state index contributed by atoms with van der Waals surface area (Å²) in [4.78, 5) is 17.9. The third kappa shape index (κ3) is 5.43. The van der Waals surface area contributed by atoms with Crippen molar-refractivity contribution in [1.82, 2.24) is 15.5 Å². The van der Waals surface area contributed by atoms with E-state index in [4.69, 9.17) is 5.14 Å². The average molecular weight is 367 g/mol. The van der Waals surface area contributed by atoms with Crippen LogP contribution < -0.4 is 15.8 Å². The summed E-state index contributed by atoms with van der Waals surface area (Å²) in [5.74, 6) is 0.813. The van der Waals surface area contributed by atoms with E-state index in [1.54, 1.807) is 19.2 Å². The predicted octanol–water partition coefficient (Wildman–Crippen LogP) is 0.00990. The lowest BCUT2D eigenvalue weighted by atomic mass is 10.2. The van der Waals surface area contributed by atoms with E-state index in [1.165, 1.54) is 12.1 Å². The third-order valence-electron chi connectivity index (χ3n) is 4.12. The minimum Gasteiger partial charge on any atom is -0.352 e. The van der Waals surface area contributed by atoms with Gasteiger partial charge in [0, 0.05) is 39.1 Å². The fourth-order valence-corrected chi connectivity index (χ4v) is 3.21. The number of nitrogens with one attached hydrogen (secondary N) is 2. The van der Waals surface area contributed by atoms with Crippen molar-refractivity contribution < 1.29 is 13.2 Å². The van der Waals surface area contributed by atoms with Crippen molar-refractivity contribution in [2.45, 2.75) is 37.2 Å². The molecule has 1 atom stereocenters. The van der Waals surface area contributed by atoms with Gasteiger partial charge in [0.2, 0.25) is 15.9 Å². The zero-order valence-corrected chi connectivity index (χ0v) is 15.3. The SMILES string of the molecule is CCC(=O)N1CCC(NC(=NC)NCc2ccc(S(N)(=O)=O)cc2)C1. The Kier molecular flexibility index (Phi) is 6.38. The maximum absolute atomic E-state index is 11.7. The van der Waals surface area contributed by atoms with E-state index in [9.17, 15) is 13.2 Å². The number of primary sulfonamides is 1. The molecule has 0 aliphatic carbocycles.